The number of nitrogens with zero attached hydrogens (tertiary/aromatic N) is 1. The lowest BCUT2D eigenvalue weighted by Crippen LogP contribution is -2.43. The Hall–Kier alpha value is -1.55. The van der Waals surface area contributed by atoms with Crippen molar-refractivity contribution in [2.24, 2.45) is 0 Å². The Labute approximate surface area is 114 Å². The highest BCUT2D eigenvalue weighted by molar-refractivity contribution is 5.68. The highest BCUT2D eigenvalue weighted by atomic mass is 16.6. The molecule has 0 unspecified atom stereocenters. The number of amides is 1. The standard InChI is InChI=1S/C15H21NO3/c1-2-16(14-8-10-18-11-9-14)15(17)19-12-13-6-4-3-5-7-13/h3-7,14H,2,8-12H2,1H3. The van der Waals surface area contributed by atoms with Crippen LogP contribution in [0.25, 0.3) is 0 Å². The van der Waals surface area contributed by atoms with E-state index in [1.165, 1.54) is 0 Å². The lowest BCUT2D eigenvalue weighted by Gasteiger charge is -2.32. The zero-order valence-corrected chi connectivity index (χ0v) is 11.4. The maximum atomic E-state index is 12.1. The largest absolute Gasteiger partial charge is 0.445 e. The summed E-state index contributed by atoms with van der Waals surface area (Å²) in [5.41, 5.74) is 1.01. The van der Waals surface area contributed by atoms with Crippen molar-refractivity contribution in [3.8, 4) is 0 Å². The number of rotatable bonds is 4. The van der Waals surface area contributed by atoms with Gasteiger partial charge < -0.3 is 14.4 Å². The van der Waals surface area contributed by atoms with Crippen LogP contribution in [0.4, 0.5) is 4.79 Å². The zero-order valence-electron chi connectivity index (χ0n) is 11.4. The zero-order chi connectivity index (χ0) is 13.5. The molecule has 0 radical (unpaired) electrons. The van der Waals surface area contributed by atoms with Crippen molar-refractivity contribution in [1.82, 2.24) is 4.90 Å². The minimum Gasteiger partial charge on any atom is -0.445 e. The van der Waals surface area contributed by atoms with Crippen LogP contribution in [0.1, 0.15) is 25.3 Å². The minimum atomic E-state index is -0.224. The molecule has 1 aromatic rings. The molecular formula is C15H21NO3. The van der Waals surface area contributed by atoms with Crippen LogP contribution in [-0.2, 0) is 16.1 Å². The number of hydrogen-bond donors (Lipinski definition) is 0. The Morgan fingerprint density at radius 3 is 2.63 bits per heavy atom. The van der Waals surface area contributed by atoms with E-state index in [1.54, 1.807) is 0 Å². The predicted octanol–water partition coefficient (Wildman–Crippen LogP) is 2.82. The summed E-state index contributed by atoms with van der Waals surface area (Å²) in [7, 11) is 0. The topological polar surface area (TPSA) is 38.8 Å². The van der Waals surface area contributed by atoms with Gasteiger partial charge in [-0.25, -0.2) is 4.79 Å². The quantitative estimate of drug-likeness (QED) is 0.838. The average molecular weight is 263 g/mol. The Kier molecular flexibility index (Phi) is 5.21. The van der Waals surface area contributed by atoms with E-state index in [0.29, 0.717) is 13.2 Å². The number of hydrogen-bond acceptors (Lipinski definition) is 3. The number of ether oxygens (including phenoxy) is 2. The fourth-order valence-electron chi connectivity index (χ4n) is 2.34. The summed E-state index contributed by atoms with van der Waals surface area (Å²) >= 11 is 0. The fraction of sp³-hybridized carbons (Fsp3) is 0.533. The lowest BCUT2D eigenvalue weighted by atomic mass is 10.1. The molecule has 1 aromatic carbocycles. The smallest absolute Gasteiger partial charge is 0.410 e. The van der Waals surface area contributed by atoms with Crippen LogP contribution < -0.4 is 0 Å². The Morgan fingerprint density at radius 2 is 2.00 bits per heavy atom. The monoisotopic (exact) mass is 263 g/mol. The van der Waals surface area contributed by atoms with Crippen molar-refractivity contribution in [3.63, 3.8) is 0 Å². The van der Waals surface area contributed by atoms with E-state index in [-0.39, 0.29) is 12.1 Å². The van der Waals surface area contributed by atoms with E-state index >= 15 is 0 Å². The summed E-state index contributed by atoms with van der Waals surface area (Å²) in [5, 5.41) is 0. The van der Waals surface area contributed by atoms with Gasteiger partial charge >= 0.3 is 6.09 Å². The van der Waals surface area contributed by atoms with Crippen LogP contribution in [0.5, 0.6) is 0 Å². The average Bonchev–Trinajstić information content (AvgIpc) is 2.48. The lowest BCUT2D eigenvalue weighted by molar-refractivity contribution is 0.0260. The van der Waals surface area contributed by atoms with E-state index in [2.05, 4.69) is 0 Å². The second-order valence-corrected chi connectivity index (χ2v) is 4.67. The van der Waals surface area contributed by atoms with Crippen LogP contribution in [0, 0.1) is 0 Å². The summed E-state index contributed by atoms with van der Waals surface area (Å²) in [6.45, 7) is 4.46. The first kappa shape index (κ1) is 13.9. The van der Waals surface area contributed by atoms with Crippen LogP contribution in [0.3, 0.4) is 0 Å². The molecule has 4 heteroatoms. The van der Waals surface area contributed by atoms with Gasteiger partial charge in [-0.1, -0.05) is 30.3 Å². The second-order valence-electron chi connectivity index (χ2n) is 4.67. The van der Waals surface area contributed by atoms with E-state index in [4.69, 9.17) is 9.47 Å². The van der Waals surface area contributed by atoms with E-state index in [0.717, 1.165) is 31.6 Å². The molecule has 0 aliphatic carbocycles. The molecule has 1 heterocycles. The summed E-state index contributed by atoms with van der Waals surface area (Å²) < 4.78 is 10.7. The van der Waals surface area contributed by atoms with Crippen LogP contribution in [0.15, 0.2) is 30.3 Å². The number of carbonyl (C=O) groups is 1. The molecular weight excluding hydrogens is 242 g/mol. The molecule has 1 saturated heterocycles. The van der Waals surface area contributed by atoms with Crippen molar-refractivity contribution in [3.05, 3.63) is 35.9 Å². The van der Waals surface area contributed by atoms with Crippen LogP contribution >= 0.6 is 0 Å². The van der Waals surface area contributed by atoms with Crippen LogP contribution in [0.2, 0.25) is 0 Å². The van der Waals surface area contributed by atoms with E-state index < -0.39 is 0 Å². The first-order valence-electron chi connectivity index (χ1n) is 6.86. The molecule has 2 rings (SSSR count). The predicted molar refractivity (Wildman–Crippen MR) is 72.8 cm³/mol. The first-order chi connectivity index (χ1) is 9.31. The highest BCUT2D eigenvalue weighted by Gasteiger charge is 2.25. The Morgan fingerprint density at radius 1 is 1.32 bits per heavy atom. The van der Waals surface area contributed by atoms with Gasteiger partial charge in [0.05, 0.1) is 0 Å². The molecule has 0 bridgehead atoms. The van der Waals surface area contributed by atoms with E-state index in [9.17, 15) is 4.79 Å². The van der Waals surface area contributed by atoms with Gasteiger partial charge in [-0.2, -0.15) is 0 Å². The van der Waals surface area contributed by atoms with Crippen molar-refractivity contribution in [2.75, 3.05) is 19.8 Å². The SMILES string of the molecule is CCN(C(=O)OCc1ccccc1)C1CCOCC1. The van der Waals surface area contributed by atoms with Crippen molar-refractivity contribution in [2.45, 2.75) is 32.4 Å². The fourth-order valence-corrected chi connectivity index (χ4v) is 2.34. The molecule has 1 amide bonds. The Bertz CT molecular complexity index is 388. The van der Waals surface area contributed by atoms with Crippen molar-refractivity contribution in [1.29, 1.82) is 0 Å². The summed E-state index contributed by atoms with van der Waals surface area (Å²) in [6, 6.07) is 10.0. The summed E-state index contributed by atoms with van der Waals surface area (Å²) in [4.78, 5) is 13.9. The van der Waals surface area contributed by atoms with Crippen LogP contribution in [-0.4, -0.2) is 36.8 Å². The molecule has 0 N–H and O–H groups in total. The molecule has 1 fully saturated rings. The third-order valence-electron chi connectivity index (χ3n) is 3.41. The van der Waals surface area contributed by atoms with Gasteiger partial charge in [0.25, 0.3) is 0 Å². The molecule has 0 atom stereocenters. The molecule has 1 aliphatic heterocycles. The highest BCUT2D eigenvalue weighted by Crippen LogP contribution is 2.15. The summed E-state index contributed by atoms with van der Waals surface area (Å²) in [6.07, 6.45) is 1.57. The molecule has 19 heavy (non-hydrogen) atoms. The third-order valence-corrected chi connectivity index (χ3v) is 3.41. The summed E-state index contributed by atoms with van der Waals surface area (Å²) in [5.74, 6) is 0. The normalized spacial score (nSPS) is 16.1. The maximum absolute atomic E-state index is 12.1. The van der Waals surface area contributed by atoms with Gasteiger partial charge in [0.2, 0.25) is 0 Å². The van der Waals surface area contributed by atoms with E-state index in [1.807, 2.05) is 42.2 Å². The molecule has 104 valence electrons. The molecule has 1 aliphatic rings. The molecule has 0 spiro atoms. The third kappa shape index (κ3) is 3.96. The van der Waals surface area contributed by atoms with Gasteiger partial charge in [0, 0.05) is 25.8 Å². The van der Waals surface area contributed by atoms with Crippen molar-refractivity contribution >= 4 is 6.09 Å². The minimum absolute atomic E-state index is 0.224. The van der Waals surface area contributed by atoms with Gasteiger partial charge in [-0.3, -0.25) is 0 Å². The maximum Gasteiger partial charge on any atom is 0.410 e. The molecule has 4 nitrogen and oxygen atoms in total. The van der Waals surface area contributed by atoms with Gasteiger partial charge in [-0.05, 0) is 25.3 Å². The van der Waals surface area contributed by atoms with Crippen molar-refractivity contribution < 1.29 is 14.3 Å². The second kappa shape index (κ2) is 7.14. The molecule has 0 saturated carbocycles. The van der Waals surface area contributed by atoms with Gasteiger partial charge in [-0.15, -0.1) is 0 Å². The van der Waals surface area contributed by atoms with Gasteiger partial charge in [0.15, 0.2) is 0 Å². The number of benzene rings is 1. The first-order valence-corrected chi connectivity index (χ1v) is 6.86. The Balaban J connectivity index is 1.86. The number of carbonyl (C=O) groups excluding carboxylic acids is 1. The van der Waals surface area contributed by atoms with Gasteiger partial charge in [0.1, 0.15) is 6.61 Å². The molecule has 0 aromatic heterocycles.